The Balaban J connectivity index is 2.39. The Kier molecular flexibility index (Phi) is 9.25. The van der Waals surface area contributed by atoms with Crippen molar-refractivity contribution in [3.63, 3.8) is 0 Å². The monoisotopic (exact) mass is 298 g/mol. The third kappa shape index (κ3) is 6.56. The zero-order valence-corrected chi connectivity index (χ0v) is 13.5. The zero-order valence-electron chi connectivity index (χ0n) is 13.5. The summed E-state index contributed by atoms with van der Waals surface area (Å²) in [6.07, 6.45) is 5.94. The third-order valence-corrected chi connectivity index (χ3v) is 3.71. The highest BCUT2D eigenvalue weighted by Gasteiger charge is 2.12. The van der Waals surface area contributed by atoms with Gasteiger partial charge in [-0.1, -0.05) is 13.8 Å². The molecule has 0 aliphatic rings. The van der Waals surface area contributed by atoms with Gasteiger partial charge in [-0.25, -0.2) is 0 Å². The van der Waals surface area contributed by atoms with Crippen LogP contribution in [0.15, 0.2) is 12.3 Å². The molecule has 0 bridgehead atoms. The van der Waals surface area contributed by atoms with Crippen molar-refractivity contribution >= 4 is 0 Å². The average molecular weight is 298 g/mol. The van der Waals surface area contributed by atoms with Gasteiger partial charge < -0.3 is 9.47 Å². The highest BCUT2D eigenvalue weighted by Crippen LogP contribution is 2.15. The molecule has 0 radical (unpaired) electrons. The zero-order chi connectivity index (χ0) is 15.5. The summed E-state index contributed by atoms with van der Waals surface area (Å²) in [6.45, 7) is 6.30. The second-order valence-electron chi connectivity index (χ2n) is 5.22. The molecule has 1 unspecified atom stereocenters. The molecule has 6 heteroatoms. The van der Waals surface area contributed by atoms with E-state index in [4.69, 9.17) is 15.3 Å². The van der Waals surface area contributed by atoms with Gasteiger partial charge in [0.25, 0.3) is 0 Å². The van der Waals surface area contributed by atoms with E-state index < -0.39 is 0 Å². The predicted molar refractivity (Wildman–Crippen MR) is 84.0 cm³/mol. The van der Waals surface area contributed by atoms with Gasteiger partial charge in [0.2, 0.25) is 0 Å². The number of nitrogens with two attached hydrogens (primary N) is 1. The molecule has 0 saturated heterocycles. The average Bonchev–Trinajstić information content (AvgIpc) is 2.95. The molecule has 1 aromatic rings. The van der Waals surface area contributed by atoms with E-state index in [-0.39, 0.29) is 6.04 Å². The van der Waals surface area contributed by atoms with Crippen LogP contribution in [0.1, 0.15) is 44.8 Å². The molecular weight excluding hydrogens is 268 g/mol. The Morgan fingerprint density at radius 3 is 2.67 bits per heavy atom. The summed E-state index contributed by atoms with van der Waals surface area (Å²) in [5.74, 6) is 5.62. The molecule has 0 aliphatic heterocycles. The molecule has 6 nitrogen and oxygen atoms in total. The summed E-state index contributed by atoms with van der Waals surface area (Å²) in [5.41, 5.74) is 3.92. The normalized spacial score (nSPS) is 13.0. The predicted octanol–water partition coefficient (Wildman–Crippen LogP) is 1.67. The first-order valence-corrected chi connectivity index (χ1v) is 7.81. The molecule has 0 amide bonds. The fraction of sp³-hybridized carbons (Fsp3) is 0.800. The van der Waals surface area contributed by atoms with Gasteiger partial charge in [-0.2, -0.15) is 5.10 Å². The number of nitrogens with zero attached hydrogens (tertiary/aromatic N) is 2. The Labute approximate surface area is 128 Å². The third-order valence-electron chi connectivity index (χ3n) is 3.71. The summed E-state index contributed by atoms with van der Waals surface area (Å²) in [5, 5.41) is 4.66. The maximum absolute atomic E-state index is 5.62. The standard InChI is InChI=1S/C15H30N4O2/c1-4-15(5-2)19-8-6-14(18-19)12-13(17-16)7-9-21-11-10-20-3/h6,8,13,15,17H,4-5,7,9-12,16H2,1-3H3. The molecule has 21 heavy (non-hydrogen) atoms. The van der Waals surface area contributed by atoms with Crippen LogP contribution in [-0.2, 0) is 15.9 Å². The van der Waals surface area contributed by atoms with E-state index in [0.29, 0.717) is 25.9 Å². The second-order valence-corrected chi connectivity index (χ2v) is 5.22. The fourth-order valence-electron chi connectivity index (χ4n) is 2.32. The van der Waals surface area contributed by atoms with Crippen molar-refractivity contribution in [3.05, 3.63) is 18.0 Å². The van der Waals surface area contributed by atoms with E-state index >= 15 is 0 Å². The molecule has 1 rings (SSSR count). The van der Waals surface area contributed by atoms with E-state index in [9.17, 15) is 0 Å². The lowest BCUT2D eigenvalue weighted by atomic mass is 10.1. The first kappa shape index (κ1) is 18.1. The van der Waals surface area contributed by atoms with Crippen molar-refractivity contribution in [2.24, 2.45) is 5.84 Å². The molecular formula is C15H30N4O2. The van der Waals surface area contributed by atoms with E-state index in [2.05, 4.69) is 41.3 Å². The minimum Gasteiger partial charge on any atom is -0.382 e. The van der Waals surface area contributed by atoms with Gasteiger partial charge in [-0.3, -0.25) is 16.0 Å². The number of methoxy groups -OCH3 is 1. The van der Waals surface area contributed by atoms with Gasteiger partial charge >= 0.3 is 0 Å². The van der Waals surface area contributed by atoms with Crippen molar-refractivity contribution < 1.29 is 9.47 Å². The van der Waals surface area contributed by atoms with Gasteiger partial charge in [0.05, 0.1) is 24.9 Å². The molecule has 0 aliphatic carbocycles. The molecule has 0 spiro atoms. The Morgan fingerprint density at radius 1 is 1.29 bits per heavy atom. The minimum absolute atomic E-state index is 0.178. The molecule has 0 fully saturated rings. The number of hydrogen-bond acceptors (Lipinski definition) is 5. The smallest absolute Gasteiger partial charge is 0.0700 e. The molecule has 0 saturated carbocycles. The van der Waals surface area contributed by atoms with Gasteiger partial charge in [0.15, 0.2) is 0 Å². The highest BCUT2D eigenvalue weighted by atomic mass is 16.5. The van der Waals surface area contributed by atoms with Gasteiger partial charge in [0, 0.05) is 32.4 Å². The molecule has 3 N–H and O–H groups in total. The number of rotatable bonds is 12. The summed E-state index contributed by atoms with van der Waals surface area (Å²) < 4.78 is 12.5. The Morgan fingerprint density at radius 2 is 2.05 bits per heavy atom. The van der Waals surface area contributed by atoms with E-state index in [1.165, 1.54) is 0 Å². The highest BCUT2D eigenvalue weighted by molar-refractivity contribution is 5.02. The van der Waals surface area contributed by atoms with Gasteiger partial charge in [-0.15, -0.1) is 0 Å². The van der Waals surface area contributed by atoms with Crippen molar-refractivity contribution in [1.29, 1.82) is 0 Å². The first-order valence-electron chi connectivity index (χ1n) is 7.81. The number of ether oxygens (including phenoxy) is 2. The second kappa shape index (κ2) is 10.7. The van der Waals surface area contributed by atoms with Gasteiger partial charge in [0.1, 0.15) is 0 Å². The number of nitrogens with one attached hydrogen (secondary N) is 1. The molecule has 122 valence electrons. The fourth-order valence-corrected chi connectivity index (χ4v) is 2.32. The van der Waals surface area contributed by atoms with E-state index in [0.717, 1.165) is 31.4 Å². The molecule has 1 aromatic heterocycles. The van der Waals surface area contributed by atoms with Crippen molar-refractivity contribution in [2.75, 3.05) is 26.9 Å². The van der Waals surface area contributed by atoms with Crippen LogP contribution in [0.4, 0.5) is 0 Å². The van der Waals surface area contributed by atoms with Crippen molar-refractivity contribution in [1.82, 2.24) is 15.2 Å². The van der Waals surface area contributed by atoms with Crippen LogP contribution in [0.25, 0.3) is 0 Å². The van der Waals surface area contributed by atoms with Crippen molar-refractivity contribution in [2.45, 2.75) is 51.6 Å². The van der Waals surface area contributed by atoms with Crippen LogP contribution in [0, 0.1) is 0 Å². The van der Waals surface area contributed by atoms with Crippen LogP contribution in [0.2, 0.25) is 0 Å². The topological polar surface area (TPSA) is 74.3 Å². The SMILES string of the molecule is CCC(CC)n1ccc(CC(CCOCCOC)NN)n1. The van der Waals surface area contributed by atoms with Crippen LogP contribution in [0.5, 0.6) is 0 Å². The molecule has 0 aromatic carbocycles. The summed E-state index contributed by atoms with van der Waals surface area (Å²) in [7, 11) is 1.67. The van der Waals surface area contributed by atoms with E-state index in [1.54, 1.807) is 7.11 Å². The summed E-state index contributed by atoms with van der Waals surface area (Å²) >= 11 is 0. The number of hydrazine groups is 1. The van der Waals surface area contributed by atoms with Crippen LogP contribution < -0.4 is 11.3 Å². The molecule has 1 atom stereocenters. The lowest BCUT2D eigenvalue weighted by molar-refractivity contribution is 0.0657. The van der Waals surface area contributed by atoms with Crippen molar-refractivity contribution in [3.8, 4) is 0 Å². The summed E-state index contributed by atoms with van der Waals surface area (Å²) in [4.78, 5) is 0. The number of hydrogen-bond donors (Lipinski definition) is 2. The largest absolute Gasteiger partial charge is 0.382 e. The Bertz CT molecular complexity index is 366. The first-order chi connectivity index (χ1) is 10.2. The Hall–Kier alpha value is -0.950. The maximum Gasteiger partial charge on any atom is 0.0700 e. The van der Waals surface area contributed by atoms with E-state index in [1.807, 2.05) is 0 Å². The van der Waals surface area contributed by atoms with Crippen LogP contribution in [0.3, 0.4) is 0 Å². The maximum atomic E-state index is 5.62. The number of aromatic nitrogens is 2. The molecule has 1 heterocycles. The lowest BCUT2D eigenvalue weighted by Gasteiger charge is -2.15. The quantitative estimate of drug-likeness (QED) is 0.349. The van der Waals surface area contributed by atoms with Crippen LogP contribution >= 0.6 is 0 Å². The van der Waals surface area contributed by atoms with Crippen LogP contribution in [-0.4, -0.2) is 42.8 Å². The minimum atomic E-state index is 0.178. The van der Waals surface area contributed by atoms with Gasteiger partial charge in [-0.05, 0) is 25.3 Å². The lowest BCUT2D eigenvalue weighted by Crippen LogP contribution is -2.37. The summed E-state index contributed by atoms with van der Waals surface area (Å²) in [6, 6.07) is 2.74.